The second-order valence-electron chi connectivity index (χ2n) is 4.61. The summed E-state index contributed by atoms with van der Waals surface area (Å²) in [7, 11) is 0. The molecule has 1 heterocycles. The molecule has 118 valence electrons. The number of halogens is 3. The molecule has 22 heavy (non-hydrogen) atoms. The number of carbonyl (C=O) groups excluding carboxylic acids is 1. The fraction of sp³-hybridized carbons (Fsp3) is 0.267. The van der Waals surface area contributed by atoms with Gasteiger partial charge in [-0.15, -0.1) is 11.3 Å². The first kappa shape index (κ1) is 16.5. The van der Waals surface area contributed by atoms with E-state index in [1.54, 1.807) is 40.9 Å². The second-order valence-corrected chi connectivity index (χ2v) is 5.56. The summed E-state index contributed by atoms with van der Waals surface area (Å²) in [6.07, 6.45) is -4.65. The molecule has 0 spiro atoms. The molecule has 0 saturated carbocycles. The number of hydrogen-bond donors (Lipinski definition) is 2. The van der Waals surface area contributed by atoms with Crippen molar-refractivity contribution in [2.45, 2.75) is 18.6 Å². The van der Waals surface area contributed by atoms with Crippen LogP contribution in [-0.4, -0.2) is 30.2 Å². The van der Waals surface area contributed by atoms with E-state index in [-0.39, 0.29) is 0 Å². The molecular weight excluding hydrogens is 315 g/mol. The molecule has 1 amide bonds. The maximum absolute atomic E-state index is 12.9. The molecule has 0 saturated heterocycles. The number of nitrogens with one attached hydrogen (secondary N) is 1. The van der Waals surface area contributed by atoms with Gasteiger partial charge in [-0.1, -0.05) is 30.3 Å². The van der Waals surface area contributed by atoms with Crippen LogP contribution in [0.1, 0.15) is 11.7 Å². The molecule has 2 aromatic rings. The number of carbonyl (C=O) groups is 1. The molecule has 0 radical (unpaired) electrons. The third-order valence-electron chi connectivity index (χ3n) is 3.13. The maximum Gasteiger partial charge on any atom is 0.315 e. The van der Waals surface area contributed by atoms with E-state index in [4.69, 9.17) is 0 Å². The monoisotopic (exact) mass is 329 g/mol. The number of aliphatic hydroxyl groups is 1. The summed E-state index contributed by atoms with van der Waals surface area (Å²) in [6.45, 7) is -1.15. The maximum atomic E-state index is 12.9. The molecule has 1 aromatic carbocycles. The van der Waals surface area contributed by atoms with E-state index in [2.05, 4.69) is 0 Å². The Balaban J connectivity index is 2.10. The van der Waals surface area contributed by atoms with E-state index in [0.29, 0.717) is 5.56 Å². The van der Waals surface area contributed by atoms with E-state index in [1.165, 1.54) is 0 Å². The van der Waals surface area contributed by atoms with Gasteiger partial charge in [0.25, 0.3) is 5.91 Å². The summed E-state index contributed by atoms with van der Waals surface area (Å²) < 4.78 is 37.3. The molecule has 2 atom stereocenters. The Morgan fingerprint density at radius 2 is 1.91 bits per heavy atom. The van der Waals surface area contributed by atoms with Crippen LogP contribution in [0.4, 0.5) is 13.2 Å². The van der Waals surface area contributed by atoms with Crippen molar-refractivity contribution in [2.75, 3.05) is 6.67 Å². The van der Waals surface area contributed by atoms with E-state index < -0.39 is 31.2 Å². The lowest BCUT2D eigenvalue weighted by Crippen LogP contribution is -2.43. The van der Waals surface area contributed by atoms with Crippen molar-refractivity contribution in [3.63, 3.8) is 0 Å². The first-order valence-corrected chi connectivity index (χ1v) is 7.37. The third-order valence-corrected chi connectivity index (χ3v) is 4.05. The summed E-state index contributed by atoms with van der Waals surface area (Å²) >= 11 is 1.55. The normalized spacial score (nSPS) is 13.9. The topological polar surface area (TPSA) is 49.3 Å². The largest absolute Gasteiger partial charge is 0.386 e. The van der Waals surface area contributed by atoms with Crippen LogP contribution >= 0.6 is 11.3 Å². The minimum Gasteiger partial charge on any atom is -0.386 e. The fourth-order valence-corrected chi connectivity index (χ4v) is 2.70. The zero-order chi connectivity index (χ0) is 16.1. The predicted molar refractivity (Wildman–Crippen MR) is 78.6 cm³/mol. The molecule has 0 fully saturated rings. The Bertz CT molecular complexity index is 602. The van der Waals surface area contributed by atoms with Crippen molar-refractivity contribution >= 4 is 17.2 Å². The summed E-state index contributed by atoms with van der Waals surface area (Å²) in [5.41, 5.74) is 1.27. The zero-order valence-electron chi connectivity index (χ0n) is 11.4. The van der Waals surface area contributed by atoms with Gasteiger partial charge in [0.15, 0.2) is 0 Å². The number of thiophene rings is 1. The average Bonchev–Trinajstić information content (AvgIpc) is 3.06. The quantitative estimate of drug-likeness (QED) is 0.855. The minimum atomic E-state index is -3.25. The Kier molecular flexibility index (Phi) is 5.57. The SMILES string of the molecule is O=C(N[C@H](CF)C(O)c1ccc(-c2cccs2)cc1)C(F)F. The lowest BCUT2D eigenvalue weighted by atomic mass is 10.0. The smallest absolute Gasteiger partial charge is 0.315 e. The molecule has 3 nitrogen and oxygen atoms in total. The fourth-order valence-electron chi connectivity index (χ4n) is 1.97. The lowest BCUT2D eigenvalue weighted by molar-refractivity contribution is -0.133. The Morgan fingerprint density at radius 1 is 1.23 bits per heavy atom. The molecule has 0 aliphatic carbocycles. The summed E-state index contributed by atoms with van der Waals surface area (Å²) in [5, 5.41) is 13.8. The van der Waals surface area contributed by atoms with Gasteiger partial charge in [-0.25, -0.2) is 4.39 Å². The van der Waals surface area contributed by atoms with Crippen LogP contribution in [-0.2, 0) is 4.79 Å². The van der Waals surface area contributed by atoms with Crippen LogP contribution in [0.15, 0.2) is 41.8 Å². The van der Waals surface area contributed by atoms with Gasteiger partial charge in [0, 0.05) is 4.88 Å². The predicted octanol–water partition coefficient (Wildman–Crippen LogP) is 3.17. The summed E-state index contributed by atoms with van der Waals surface area (Å²) in [5.74, 6) is -1.60. The Hall–Kier alpha value is -1.86. The molecule has 1 unspecified atom stereocenters. The van der Waals surface area contributed by atoms with Crippen molar-refractivity contribution in [2.24, 2.45) is 0 Å². The van der Waals surface area contributed by atoms with Gasteiger partial charge in [0.2, 0.25) is 0 Å². The van der Waals surface area contributed by atoms with E-state index >= 15 is 0 Å². The summed E-state index contributed by atoms with van der Waals surface area (Å²) in [6, 6.07) is 9.08. The van der Waals surface area contributed by atoms with Crippen LogP contribution in [0, 0.1) is 0 Å². The highest BCUT2D eigenvalue weighted by atomic mass is 32.1. The van der Waals surface area contributed by atoms with Crippen LogP contribution < -0.4 is 5.32 Å². The van der Waals surface area contributed by atoms with Gasteiger partial charge >= 0.3 is 6.43 Å². The van der Waals surface area contributed by atoms with Crippen molar-refractivity contribution in [3.05, 3.63) is 47.3 Å². The van der Waals surface area contributed by atoms with Gasteiger partial charge in [-0.3, -0.25) is 4.79 Å². The zero-order valence-corrected chi connectivity index (χ0v) is 12.2. The highest BCUT2D eigenvalue weighted by molar-refractivity contribution is 7.13. The van der Waals surface area contributed by atoms with Crippen molar-refractivity contribution < 1.29 is 23.1 Å². The number of amides is 1. The molecule has 2 rings (SSSR count). The van der Waals surface area contributed by atoms with Crippen molar-refractivity contribution in [1.82, 2.24) is 5.32 Å². The molecule has 0 aliphatic rings. The van der Waals surface area contributed by atoms with Crippen LogP contribution in [0.5, 0.6) is 0 Å². The molecule has 2 N–H and O–H groups in total. The molecular formula is C15H14F3NO2S. The van der Waals surface area contributed by atoms with Crippen LogP contribution in [0.3, 0.4) is 0 Å². The van der Waals surface area contributed by atoms with E-state index in [9.17, 15) is 23.1 Å². The second kappa shape index (κ2) is 7.42. The number of alkyl halides is 3. The van der Waals surface area contributed by atoms with E-state index in [1.807, 2.05) is 17.5 Å². The Morgan fingerprint density at radius 3 is 2.41 bits per heavy atom. The number of rotatable bonds is 6. The summed E-state index contributed by atoms with van der Waals surface area (Å²) in [4.78, 5) is 12.0. The van der Waals surface area contributed by atoms with Crippen molar-refractivity contribution in [1.29, 1.82) is 0 Å². The number of hydrogen-bond acceptors (Lipinski definition) is 3. The number of benzene rings is 1. The van der Waals surface area contributed by atoms with Crippen LogP contribution in [0.2, 0.25) is 0 Å². The standard InChI is InChI=1S/C15H14F3NO2S/c16-8-11(19-15(21)14(17)18)13(20)10-5-3-9(4-6-10)12-2-1-7-22-12/h1-7,11,13-14,20H,8H2,(H,19,21)/t11-,13?/m1/s1. The van der Waals surface area contributed by atoms with Crippen LogP contribution in [0.25, 0.3) is 10.4 Å². The molecule has 0 aliphatic heterocycles. The van der Waals surface area contributed by atoms with Gasteiger partial charge in [-0.2, -0.15) is 8.78 Å². The molecule has 1 aromatic heterocycles. The first-order chi connectivity index (χ1) is 10.5. The van der Waals surface area contributed by atoms with E-state index in [0.717, 1.165) is 10.4 Å². The lowest BCUT2D eigenvalue weighted by Gasteiger charge is -2.21. The van der Waals surface area contributed by atoms with Crippen molar-refractivity contribution in [3.8, 4) is 10.4 Å². The first-order valence-electron chi connectivity index (χ1n) is 6.49. The average molecular weight is 329 g/mol. The highest BCUT2D eigenvalue weighted by Crippen LogP contribution is 2.27. The van der Waals surface area contributed by atoms with Gasteiger partial charge in [0.05, 0.1) is 6.04 Å². The molecule has 7 heteroatoms. The minimum absolute atomic E-state index is 0.345. The van der Waals surface area contributed by atoms with Gasteiger partial charge < -0.3 is 10.4 Å². The van der Waals surface area contributed by atoms with Gasteiger partial charge in [0.1, 0.15) is 12.8 Å². The molecule has 0 bridgehead atoms. The van der Waals surface area contributed by atoms with Gasteiger partial charge in [-0.05, 0) is 22.6 Å². The Labute approximate surface area is 129 Å². The third kappa shape index (κ3) is 3.86. The highest BCUT2D eigenvalue weighted by Gasteiger charge is 2.26. The number of aliphatic hydroxyl groups excluding tert-OH is 1.